The van der Waals surface area contributed by atoms with Gasteiger partial charge in [0.1, 0.15) is 0 Å². The maximum absolute atomic E-state index is 12.6. The zero-order chi connectivity index (χ0) is 18.7. The molecule has 3 rings (SSSR count). The number of ether oxygens (including phenoxy) is 2. The van der Waals surface area contributed by atoms with Crippen LogP contribution in [0.5, 0.6) is 12.0 Å². The van der Waals surface area contributed by atoms with Gasteiger partial charge in [-0.1, -0.05) is 12.1 Å². The summed E-state index contributed by atoms with van der Waals surface area (Å²) in [4.78, 5) is 23.6. The molecule has 138 valence electrons. The van der Waals surface area contributed by atoms with E-state index >= 15 is 0 Å². The zero-order valence-electron chi connectivity index (χ0n) is 14.1. The molecule has 2 aromatic rings. The molecule has 0 atom stereocenters. The number of nitrogens with zero attached hydrogens (tertiary/aromatic N) is 3. The number of urea groups is 1. The van der Waals surface area contributed by atoms with Crippen molar-refractivity contribution in [2.45, 2.75) is 24.2 Å². The number of benzene rings is 1. The molecule has 1 aliphatic carbocycles. The highest BCUT2D eigenvalue weighted by atomic mass is 32.2. The third kappa shape index (κ3) is 3.67. The summed E-state index contributed by atoms with van der Waals surface area (Å²) in [6.45, 7) is 0. The minimum atomic E-state index is -4.03. The molecule has 10 nitrogen and oxygen atoms in total. The van der Waals surface area contributed by atoms with Gasteiger partial charge < -0.3 is 9.47 Å². The Morgan fingerprint density at radius 2 is 1.77 bits per heavy atom. The highest BCUT2D eigenvalue weighted by molar-refractivity contribution is 7.90. The lowest BCUT2D eigenvalue weighted by Crippen LogP contribution is -2.35. The first kappa shape index (κ1) is 17.9. The maximum atomic E-state index is 12.6. The number of carbonyl (C=O) groups excluding carboxylic acids is 1. The number of methoxy groups -OCH3 is 2. The van der Waals surface area contributed by atoms with Crippen LogP contribution in [0, 0.1) is 0 Å². The first-order chi connectivity index (χ1) is 12.4. The standard InChI is InChI=1S/C15H17N5O5S/c1-24-14-17-12(18-15(19-14)25-2)16-13(21)20-26(22,23)11-8-4-6-9-5-3-7-10(9)11/h4,6,8H,3,5,7H2,1-2H3,(H2,16,17,18,19,20,21). The van der Waals surface area contributed by atoms with Crippen molar-refractivity contribution >= 4 is 22.0 Å². The van der Waals surface area contributed by atoms with Gasteiger partial charge in [0.25, 0.3) is 10.0 Å². The predicted octanol–water partition coefficient (Wildman–Crippen LogP) is 0.888. The van der Waals surface area contributed by atoms with Crippen molar-refractivity contribution in [3.63, 3.8) is 0 Å². The molecule has 1 heterocycles. The van der Waals surface area contributed by atoms with E-state index in [9.17, 15) is 13.2 Å². The number of hydrogen-bond donors (Lipinski definition) is 2. The number of carbonyl (C=O) groups is 1. The smallest absolute Gasteiger partial charge is 0.335 e. The number of fused-ring (bicyclic) bond motifs is 1. The molecule has 0 radical (unpaired) electrons. The van der Waals surface area contributed by atoms with E-state index in [-0.39, 0.29) is 22.9 Å². The largest absolute Gasteiger partial charge is 0.467 e. The first-order valence-corrected chi connectivity index (χ1v) is 9.20. The summed E-state index contributed by atoms with van der Waals surface area (Å²) >= 11 is 0. The number of rotatable bonds is 5. The van der Waals surface area contributed by atoms with Crippen molar-refractivity contribution in [3.05, 3.63) is 29.3 Å². The molecule has 26 heavy (non-hydrogen) atoms. The van der Waals surface area contributed by atoms with Gasteiger partial charge in [0.2, 0.25) is 5.95 Å². The van der Waals surface area contributed by atoms with E-state index in [1.165, 1.54) is 20.3 Å². The number of aromatic nitrogens is 3. The average molecular weight is 379 g/mol. The van der Waals surface area contributed by atoms with Crippen LogP contribution in [0.15, 0.2) is 23.1 Å². The van der Waals surface area contributed by atoms with Gasteiger partial charge in [-0.25, -0.2) is 17.9 Å². The van der Waals surface area contributed by atoms with Gasteiger partial charge in [-0.15, -0.1) is 4.98 Å². The zero-order valence-corrected chi connectivity index (χ0v) is 15.0. The van der Waals surface area contributed by atoms with Crippen molar-refractivity contribution in [2.75, 3.05) is 19.5 Å². The molecule has 0 fully saturated rings. The van der Waals surface area contributed by atoms with Crippen LogP contribution in [0.25, 0.3) is 0 Å². The summed E-state index contributed by atoms with van der Waals surface area (Å²) in [5.74, 6) is -0.209. The Hall–Kier alpha value is -2.95. The van der Waals surface area contributed by atoms with E-state index in [2.05, 4.69) is 20.3 Å². The van der Waals surface area contributed by atoms with Crippen molar-refractivity contribution < 1.29 is 22.7 Å². The van der Waals surface area contributed by atoms with E-state index in [4.69, 9.17) is 9.47 Å². The van der Waals surface area contributed by atoms with Crippen LogP contribution in [-0.2, 0) is 22.9 Å². The van der Waals surface area contributed by atoms with Crippen molar-refractivity contribution in [1.29, 1.82) is 0 Å². The van der Waals surface area contributed by atoms with Crippen molar-refractivity contribution in [3.8, 4) is 12.0 Å². The van der Waals surface area contributed by atoms with Gasteiger partial charge in [0.15, 0.2) is 0 Å². The molecule has 0 saturated carbocycles. The Labute approximate surface area is 150 Å². The quantitative estimate of drug-likeness (QED) is 0.782. The molecule has 0 bridgehead atoms. The van der Waals surface area contributed by atoms with Crippen LogP contribution in [0.1, 0.15) is 17.5 Å². The molecule has 11 heteroatoms. The summed E-state index contributed by atoms with van der Waals surface area (Å²) in [6.07, 6.45) is 2.38. The molecule has 2 amide bonds. The Bertz CT molecular complexity index is 925. The monoisotopic (exact) mass is 379 g/mol. The van der Waals surface area contributed by atoms with E-state index < -0.39 is 16.1 Å². The summed E-state index contributed by atoms with van der Waals surface area (Å²) in [6, 6.07) is 3.86. The lowest BCUT2D eigenvalue weighted by molar-refractivity contribution is 0.256. The third-order valence-corrected chi connectivity index (χ3v) is 5.22. The molecule has 0 saturated heterocycles. The fraction of sp³-hybridized carbons (Fsp3) is 0.333. The number of nitrogens with one attached hydrogen (secondary N) is 2. The number of sulfonamides is 1. The average Bonchev–Trinajstić information content (AvgIpc) is 3.09. The predicted molar refractivity (Wildman–Crippen MR) is 90.7 cm³/mol. The highest BCUT2D eigenvalue weighted by Crippen LogP contribution is 2.28. The van der Waals surface area contributed by atoms with Gasteiger partial charge in [0, 0.05) is 0 Å². The second-order valence-electron chi connectivity index (χ2n) is 5.44. The molecule has 1 aromatic heterocycles. The fourth-order valence-electron chi connectivity index (χ4n) is 2.72. The lowest BCUT2D eigenvalue weighted by Gasteiger charge is -2.11. The topological polar surface area (TPSA) is 132 Å². The SMILES string of the molecule is COc1nc(NC(=O)NS(=O)(=O)c2cccc3c2CCC3)nc(OC)n1. The van der Waals surface area contributed by atoms with Crippen LogP contribution in [0.2, 0.25) is 0 Å². The number of anilines is 1. The molecule has 0 unspecified atom stereocenters. The Morgan fingerprint density at radius 3 is 2.42 bits per heavy atom. The van der Waals surface area contributed by atoms with Crippen LogP contribution >= 0.6 is 0 Å². The highest BCUT2D eigenvalue weighted by Gasteiger charge is 2.25. The van der Waals surface area contributed by atoms with Gasteiger partial charge in [-0.05, 0) is 36.5 Å². The van der Waals surface area contributed by atoms with Gasteiger partial charge in [0.05, 0.1) is 19.1 Å². The van der Waals surface area contributed by atoms with Crippen molar-refractivity contribution in [2.24, 2.45) is 0 Å². The molecular formula is C15H17N5O5S. The molecule has 0 spiro atoms. The van der Waals surface area contributed by atoms with E-state index in [1.807, 2.05) is 10.8 Å². The summed E-state index contributed by atoms with van der Waals surface area (Å²) in [5.41, 5.74) is 1.73. The summed E-state index contributed by atoms with van der Waals surface area (Å²) in [7, 11) is -1.37. The van der Waals surface area contributed by atoms with Crippen LogP contribution in [0.3, 0.4) is 0 Å². The molecular weight excluding hydrogens is 362 g/mol. The van der Waals surface area contributed by atoms with Crippen molar-refractivity contribution in [1.82, 2.24) is 19.7 Å². The van der Waals surface area contributed by atoms with Crippen LogP contribution in [0.4, 0.5) is 10.7 Å². The summed E-state index contributed by atoms with van der Waals surface area (Å²) in [5, 5.41) is 2.23. The number of hydrogen-bond acceptors (Lipinski definition) is 8. The minimum absolute atomic E-state index is 0.0871. The number of amides is 2. The lowest BCUT2D eigenvalue weighted by atomic mass is 10.1. The van der Waals surface area contributed by atoms with E-state index in [0.717, 1.165) is 24.0 Å². The second-order valence-corrected chi connectivity index (χ2v) is 7.09. The van der Waals surface area contributed by atoms with Crippen LogP contribution in [-0.4, -0.2) is 43.6 Å². The maximum Gasteiger partial charge on any atom is 0.335 e. The van der Waals surface area contributed by atoms with Crippen LogP contribution < -0.4 is 19.5 Å². The second kappa shape index (κ2) is 7.12. The molecule has 1 aliphatic rings. The van der Waals surface area contributed by atoms with Gasteiger partial charge in [-0.3, -0.25) is 5.32 Å². The Morgan fingerprint density at radius 1 is 1.08 bits per heavy atom. The Balaban J connectivity index is 1.79. The molecule has 0 aliphatic heterocycles. The van der Waals surface area contributed by atoms with Gasteiger partial charge in [-0.2, -0.15) is 9.97 Å². The Kier molecular flexibility index (Phi) is 4.89. The van der Waals surface area contributed by atoms with E-state index in [1.54, 1.807) is 6.07 Å². The first-order valence-electron chi connectivity index (χ1n) is 7.71. The summed E-state index contributed by atoms with van der Waals surface area (Å²) < 4.78 is 36.8. The molecule has 2 N–H and O–H groups in total. The van der Waals surface area contributed by atoms with E-state index in [0.29, 0.717) is 6.42 Å². The molecule has 1 aromatic carbocycles. The van der Waals surface area contributed by atoms with Gasteiger partial charge >= 0.3 is 18.1 Å². The normalized spacial score (nSPS) is 13.0. The third-order valence-electron chi connectivity index (χ3n) is 3.80. The minimum Gasteiger partial charge on any atom is -0.467 e. The number of aryl methyl sites for hydroxylation is 1. The fourth-order valence-corrected chi connectivity index (χ4v) is 3.94.